The van der Waals surface area contributed by atoms with E-state index in [1.54, 1.807) is 36.4 Å². The highest BCUT2D eigenvalue weighted by atomic mass is 35.5. The maximum Gasteiger partial charge on any atom is 0.349 e. The highest BCUT2D eigenvalue weighted by Gasteiger charge is 2.14. The summed E-state index contributed by atoms with van der Waals surface area (Å²) in [4.78, 5) is 36.9. The number of nitrogens with zero attached hydrogens (tertiary/aromatic N) is 2. The van der Waals surface area contributed by atoms with Crippen molar-refractivity contribution < 1.29 is 23.5 Å². The molecule has 3 heterocycles. The maximum atomic E-state index is 12.3. The number of nitrogens with one attached hydrogen (secondary N) is 1. The molecule has 0 aliphatic heterocycles. The van der Waals surface area contributed by atoms with Crippen LogP contribution in [0.1, 0.15) is 15.4 Å². The fraction of sp³-hybridized carbons (Fsp3) is 0.0952. The van der Waals surface area contributed by atoms with E-state index in [1.165, 1.54) is 40.5 Å². The molecule has 0 unspecified atom stereocenters. The molecule has 0 saturated carbocycles. The molecule has 13 heteroatoms. The molecule has 0 radical (unpaired) electrons. The van der Waals surface area contributed by atoms with Crippen LogP contribution in [0.25, 0.3) is 0 Å². The average molecular weight is 536 g/mol. The van der Waals surface area contributed by atoms with Gasteiger partial charge in [-0.1, -0.05) is 40.8 Å². The number of aromatic nitrogens is 2. The second-order valence-electron chi connectivity index (χ2n) is 6.38. The standard InChI is InChI=1S/C21H14ClN3O6S3/c22-12-3-5-13(6-4-12)30-10-18(27)31-16-9-29-14(8-15(16)26)11-33-21-25-24-20(34-21)23-19(28)17-2-1-7-32-17/h1-9H,10-11H2,(H,23,24,28). The summed E-state index contributed by atoms with van der Waals surface area (Å²) in [5.74, 6) is -0.171. The number of esters is 1. The normalized spacial score (nSPS) is 10.6. The topological polar surface area (TPSA) is 121 Å². The number of rotatable bonds is 9. The molecule has 0 aliphatic rings. The van der Waals surface area contributed by atoms with Crippen LogP contribution < -0.4 is 20.2 Å². The first kappa shape index (κ1) is 24.0. The Morgan fingerprint density at radius 2 is 2.00 bits per heavy atom. The molecular formula is C21H14ClN3O6S3. The zero-order valence-corrected chi connectivity index (χ0v) is 20.3. The smallest absolute Gasteiger partial charge is 0.349 e. The summed E-state index contributed by atoms with van der Waals surface area (Å²) in [6.45, 7) is -0.388. The van der Waals surface area contributed by atoms with Gasteiger partial charge >= 0.3 is 5.97 Å². The first-order chi connectivity index (χ1) is 16.5. The Labute approximate surface area is 209 Å². The quantitative estimate of drug-likeness (QED) is 0.184. The molecule has 0 spiro atoms. The zero-order valence-electron chi connectivity index (χ0n) is 17.1. The SMILES string of the molecule is O=C(COc1ccc(Cl)cc1)Oc1coc(CSc2nnc(NC(=O)c3cccs3)s2)cc1=O. The van der Waals surface area contributed by atoms with Crippen molar-refractivity contribution in [3.8, 4) is 11.5 Å². The van der Waals surface area contributed by atoms with Gasteiger partial charge in [0.1, 0.15) is 17.8 Å². The zero-order chi connectivity index (χ0) is 23.9. The highest BCUT2D eigenvalue weighted by molar-refractivity contribution is 8.00. The number of thioether (sulfide) groups is 1. The van der Waals surface area contributed by atoms with E-state index in [0.717, 1.165) is 6.26 Å². The fourth-order valence-electron chi connectivity index (χ4n) is 2.43. The molecule has 1 N–H and O–H groups in total. The molecule has 9 nitrogen and oxygen atoms in total. The van der Waals surface area contributed by atoms with Crippen molar-refractivity contribution in [3.05, 3.63) is 80.0 Å². The van der Waals surface area contributed by atoms with Gasteiger partial charge in [-0.25, -0.2) is 4.79 Å². The minimum atomic E-state index is -0.754. The molecule has 1 aromatic carbocycles. The van der Waals surface area contributed by atoms with Gasteiger partial charge in [0, 0.05) is 11.1 Å². The number of carbonyl (C=O) groups is 2. The van der Waals surface area contributed by atoms with E-state index >= 15 is 0 Å². The molecule has 1 amide bonds. The Balaban J connectivity index is 1.26. The van der Waals surface area contributed by atoms with Crippen molar-refractivity contribution in [2.75, 3.05) is 11.9 Å². The van der Waals surface area contributed by atoms with E-state index in [-0.39, 0.29) is 24.0 Å². The fourth-order valence-corrected chi connectivity index (χ4v) is 4.81. The Hall–Kier alpha value is -3.19. The average Bonchev–Trinajstić information content (AvgIpc) is 3.51. The molecule has 0 saturated heterocycles. The molecule has 3 aromatic heterocycles. The first-order valence-corrected chi connectivity index (χ1v) is 12.5. The van der Waals surface area contributed by atoms with Crippen LogP contribution >= 0.6 is 46.0 Å². The molecule has 0 bridgehead atoms. The Morgan fingerprint density at radius 1 is 1.18 bits per heavy atom. The lowest BCUT2D eigenvalue weighted by atomic mass is 10.3. The Kier molecular flexibility index (Phi) is 7.95. The second kappa shape index (κ2) is 11.3. The number of halogens is 1. The van der Waals surface area contributed by atoms with Gasteiger partial charge in [-0.2, -0.15) is 0 Å². The highest BCUT2D eigenvalue weighted by Crippen LogP contribution is 2.28. The van der Waals surface area contributed by atoms with Crippen LogP contribution in [0.15, 0.2) is 67.7 Å². The summed E-state index contributed by atoms with van der Waals surface area (Å²) in [6.07, 6.45) is 1.07. The largest absolute Gasteiger partial charge is 0.482 e. The molecular weight excluding hydrogens is 522 g/mol. The number of carbonyl (C=O) groups excluding carboxylic acids is 2. The van der Waals surface area contributed by atoms with E-state index in [0.29, 0.717) is 30.9 Å². The molecule has 4 aromatic rings. The Bertz CT molecular complexity index is 1340. The second-order valence-corrected chi connectivity index (χ2v) is 9.97. The van der Waals surface area contributed by atoms with Crippen molar-refractivity contribution in [2.45, 2.75) is 10.1 Å². The summed E-state index contributed by atoms with van der Waals surface area (Å²) in [6, 6.07) is 11.2. The summed E-state index contributed by atoms with van der Waals surface area (Å²) in [5.41, 5.74) is -0.511. The number of benzene rings is 1. The summed E-state index contributed by atoms with van der Waals surface area (Å²) in [7, 11) is 0. The van der Waals surface area contributed by atoms with E-state index < -0.39 is 11.4 Å². The third-order valence-electron chi connectivity index (χ3n) is 3.96. The molecule has 0 aliphatic carbocycles. The lowest BCUT2D eigenvalue weighted by molar-refractivity contribution is -0.136. The predicted octanol–water partition coefficient (Wildman–Crippen LogP) is 4.74. The lowest BCUT2D eigenvalue weighted by Gasteiger charge is -2.06. The minimum absolute atomic E-state index is 0.243. The van der Waals surface area contributed by atoms with Gasteiger partial charge < -0.3 is 13.9 Å². The molecule has 0 fully saturated rings. The molecule has 4 rings (SSSR count). The predicted molar refractivity (Wildman–Crippen MR) is 129 cm³/mol. The van der Waals surface area contributed by atoms with Crippen molar-refractivity contribution in [3.63, 3.8) is 0 Å². The monoisotopic (exact) mass is 535 g/mol. The van der Waals surface area contributed by atoms with Gasteiger partial charge in [-0.15, -0.1) is 21.5 Å². The summed E-state index contributed by atoms with van der Waals surface area (Å²) < 4.78 is 16.3. The number of anilines is 1. The molecule has 34 heavy (non-hydrogen) atoms. The minimum Gasteiger partial charge on any atom is -0.482 e. The summed E-state index contributed by atoms with van der Waals surface area (Å²) >= 11 is 9.60. The molecule has 0 atom stereocenters. The van der Waals surface area contributed by atoms with Crippen LogP contribution in [0.4, 0.5) is 5.13 Å². The van der Waals surface area contributed by atoms with E-state index in [1.807, 2.05) is 5.38 Å². The van der Waals surface area contributed by atoms with E-state index in [4.69, 9.17) is 25.5 Å². The van der Waals surface area contributed by atoms with Crippen LogP contribution in [-0.4, -0.2) is 28.7 Å². The lowest BCUT2D eigenvalue weighted by Crippen LogP contribution is -2.20. The number of hydrogen-bond acceptors (Lipinski definition) is 11. The van der Waals surface area contributed by atoms with Crippen LogP contribution in [-0.2, 0) is 10.5 Å². The number of ether oxygens (including phenoxy) is 2. The van der Waals surface area contributed by atoms with E-state index in [9.17, 15) is 14.4 Å². The van der Waals surface area contributed by atoms with Gasteiger partial charge in [-0.3, -0.25) is 14.9 Å². The van der Waals surface area contributed by atoms with Gasteiger partial charge in [0.05, 0.1) is 10.6 Å². The van der Waals surface area contributed by atoms with Crippen molar-refractivity contribution in [1.82, 2.24) is 10.2 Å². The van der Waals surface area contributed by atoms with Crippen LogP contribution in [0.3, 0.4) is 0 Å². The van der Waals surface area contributed by atoms with E-state index in [2.05, 4.69) is 15.5 Å². The van der Waals surface area contributed by atoms with Crippen molar-refractivity contribution >= 4 is 63.0 Å². The Morgan fingerprint density at radius 3 is 2.74 bits per heavy atom. The van der Waals surface area contributed by atoms with Gasteiger partial charge in [-0.05, 0) is 35.7 Å². The van der Waals surface area contributed by atoms with Crippen molar-refractivity contribution in [2.24, 2.45) is 0 Å². The number of hydrogen-bond donors (Lipinski definition) is 1. The van der Waals surface area contributed by atoms with Gasteiger partial charge in [0.2, 0.25) is 16.3 Å². The van der Waals surface area contributed by atoms with Crippen molar-refractivity contribution in [1.29, 1.82) is 0 Å². The summed E-state index contributed by atoms with van der Waals surface area (Å²) in [5, 5.41) is 13.3. The van der Waals surface area contributed by atoms with Crippen LogP contribution in [0.5, 0.6) is 11.5 Å². The van der Waals surface area contributed by atoms with Gasteiger partial charge in [0.15, 0.2) is 10.9 Å². The maximum absolute atomic E-state index is 12.3. The van der Waals surface area contributed by atoms with Crippen LogP contribution in [0, 0.1) is 0 Å². The number of thiophene rings is 1. The first-order valence-electron chi connectivity index (χ1n) is 9.48. The molecule has 174 valence electrons. The van der Waals surface area contributed by atoms with Gasteiger partial charge in [0.25, 0.3) is 5.91 Å². The third kappa shape index (κ3) is 6.67. The number of amides is 1. The van der Waals surface area contributed by atoms with Crippen LogP contribution in [0.2, 0.25) is 5.02 Å². The third-order valence-corrected chi connectivity index (χ3v) is 7.07.